The van der Waals surface area contributed by atoms with Crippen molar-refractivity contribution in [2.75, 3.05) is 0 Å². The van der Waals surface area contributed by atoms with Crippen molar-refractivity contribution in [3.63, 3.8) is 0 Å². The zero-order valence-corrected chi connectivity index (χ0v) is 42.1. The van der Waals surface area contributed by atoms with Gasteiger partial charge in [-0.25, -0.2) is 16.8 Å². The van der Waals surface area contributed by atoms with Crippen LogP contribution in [0.1, 0.15) is 44.5 Å². The Morgan fingerprint density at radius 2 is 0.500 bits per heavy atom. The Kier molecular flexibility index (Phi) is 19.4. The second kappa shape index (κ2) is 24.9. The molecule has 8 aromatic carbocycles. The zero-order valence-electron chi connectivity index (χ0n) is 36.5. The van der Waals surface area contributed by atoms with Crippen LogP contribution in [0.15, 0.2) is 216 Å². The van der Waals surface area contributed by atoms with Gasteiger partial charge < -0.3 is 9.11 Å². The molecule has 0 heterocycles. The maximum Gasteiger partial charge on any atom is 1.00 e. The van der Waals surface area contributed by atoms with Crippen molar-refractivity contribution in [2.45, 2.75) is 9.79 Å². The van der Waals surface area contributed by atoms with Crippen LogP contribution < -0.4 is 59.1 Å². The number of hydrogen-bond donors (Lipinski definition) is 0. The fourth-order valence-corrected chi connectivity index (χ4v) is 8.06. The van der Waals surface area contributed by atoms with Crippen molar-refractivity contribution in [2.24, 2.45) is 0 Å². The third kappa shape index (κ3) is 15.3. The minimum absolute atomic E-state index is 0. The predicted octanol–water partition coefficient (Wildman–Crippen LogP) is 7.21. The zero-order chi connectivity index (χ0) is 44.8. The minimum atomic E-state index is -4.59. The summed E-state index contributed by atoms with van der Waals surface area (Å²) in [7, 11) is -9.18. The molecular weight excluding hydrogens is 879 g/mol. The Balaban J connectivity index is 0.000000240. The number of benzene rings is 8. The summed E-state index contributed by atoms with van der Waals surface area (Å²) in [6, 6.07) is 64.7. The first-order valence-corrected chi connectivity index (χ1v) is 23.1. The Morgan fingerprint density at radius 1 is 0.273 bits per heavy atom. The molecular formula is C56H42Na2O6S2. The topological polar surface area (TPSA) is 114 Å². The minimum Gasteiger partial charge on any atom is -0.744 e. The molecule has 6 nitrogen and oxygen atoms in total. The van der Waals surface area contributed by atoms with E-state index >= 15 is 0 Å². The van der Waals surface area contributed by atoms with Gasteiger partial charge in [0.1, 0.15) is 20.2 Å². The third-order valence-electron chi connectivity index (χ3n) is 10.1. The summed E-state index contributed by atoms with van der Waals surface area (Å²) in [5.74, 6) is 0. The molecule has 66 heavy (non-hydrogen) atoms. The van der Waals surface area contributed by atoms with Gasteiger partial charge in [-0.2, -0.15) is 0 Å². The summed E-state index contributed by atoms with van der Waals surface area (Å²) in [4.78, 5) is -0.452. The molecule has 316 valence electrons. The summed E-state index contributed by atoms with van der Waals surface area (Å²) in [6.45, 7) is 0. The van der Waals surface area contributed by atoms with Gasteiger partial charge in [0.05, 0.1) is 9.79 Å². The van der Waals surface area contributed by atoms with E-state index in [1.807, 2.05) is 182 Å². The molecule has 0 radical (unpaired) electrons. The molecule has 0 aliphatic rings. The number of rotatable bonds is 12. The number of hydrogen-bond acceptors (Lipinski definition) is 6. The van der Waals surface area contributed by atoms with Crippen LogP contribution in [0, 0.1) is 0 Å². The van der Waals surface area contributed by atoms with Gasteiger partial charge in [0.25, 0.3) is 0 Å². The molecule has 0 aliphatic heterocycles. The first-order valence-electron chi connectivity index (χ1n) is 20.3. The van der Waals surface area contributed by atoms with Crippen LogP contribution in [0.5, 0.6) is 0 Å². The van der Waals surface area contributed by atoms with E-state index in [1.54, 1.807) is 48.6 Å². The van der Waals surface area contributed by atoms with Crippen molar-refractivity contribution >= 4 is 68.8 Å². The molecule has 0 aromatic heterocycles. The van der Waals surface area contributed by atoms with E-state index in [0.717, 1.165) is 55.6 Å². The molecule has 8 rings (SSSR count). The third-order valence-corrected chi connectivity index (χ3v) is 11.9. The van der Waals surface area contributed by atoms with Crippen LogP contribution in [-0.4, -0.2) is 25.9 Å². The van der Waals surface area contributed by atoms with Gasteiger partial charge in [-0.05, 0) is 91.0 Å². The first kappa shape index (κ1) is 51.5. The molecule has 0 spiro atoms. The van der Waals surface area contributed by atoms with Crippen molar-refractivity contribution in [1.82, 2.24) is 0 Å². The van der Waals surface area contributed by atoms with Gasteiger partial charge >= 0.3 is 59.1 Å². The van der Waals surface area contributed by atoms with Crippen molar-refractivity contribution in [3.05, 3.63) is 251 Å². The Bertz CT molecular complexity index is 2940. The second-order valence-corrected chi connectivity index (χ2v) is 17.3. The predicted molar refractivity (Wildman–Crippen MR) is 261 cm³/mol. The molecule has 0 atom stereocenters. The normalized spacial score (nSPS) is 11.5. The fraction of sp³-hybridized carbons (Fsp3) is 0. The van der Waals surface area contributed by atoms with Crippen LogP contribution in [-0.2, 0) is 20.2 Å². The van der Waals surface area contributed by atoms with E-state index in [-0.39, 0.29) is 68.9 Å². The summed E-state index contributed by atoms with van der Waals surface area (Å²) >= 11 is 0. The molecule has 0 N–H and O–H groups in total. The quantitative estimate of drug-likeness (QED) is 0.0728. The summed E-state index contributed by atoms with van der Waals surface area (Å²) < 4.78 is 70.5. The van der Waals surface area contributed by atoms with E-state index in [0.29, 0.717) is 11.1 Å². The van der Waals surface area contributed by atoms with E-state index < -0.39 is 20.2 Å². The van der Waals surface area contributed by atoms with Crippen LogP contribution in [0.2, 0.25) is 0 Å². The maximum atomic E-state index is 11.7. The standard InChI is InChI=1S/2C28H22O3S.2Na/c2*29-32(30,31)28-20-19-26(21-27(28)18-15-23-9-5-2-6-10-23)25-16-13-24(14-17-25)12-11-22-7-3-1-4-8-22;;/h2*1-21H,(H,29,30,31);;/q;;2*+1/p-2/b2*12-11+,18-15+;;. The molecule has 10 heteroatoms. The van der Waals surface area contributed by atoms with E-state index in [2.05, 4.69) is 12.2 Å². The van der Waals surface area contributed by atoms with Gasteiger partial charge in [-0.1, -0.05) is 231 Å². The molecule has 8 aromatic rings. The first-order chi connectivity index (χ1) is 31.0. The van der Waals surface area contributed by atoms with Gasteiger partial charge in [0.2, 0.25) is 0 Å². The van der Waals surface area contributed by atoms with E-state index in [4.69, 9.17) is 0 Å². The van der Waals surface area contributed by atoms with Gasteiger partial charge in [0.15, 0.2) is 0 Å². The van der Waals surface area contributed by atoms with E-state index in [9.17, 15) is 25.9 Å². The van der Waals surface area contributed by atoms with Crippen LogP contribution in [0.3, 0.4) is 0 Å². The Labute approximate surface area is 432 Å². The van der Waals surface area contributed by atoms with Crippen LogP contribution >= 0.6 is 0 Å². The van der Waals surface area contributed by atoms with Gasteiger partial charge in [-0.3, -0.25) is 0 Å². The molecule has 0 bridgehead atoms. The maximum absolute atomic E-state index is 11.7. The van der Waals surface area contributed by atoms with Crippen molar-refractivity contribution < 1.29 is 85.1 Å². The fourth-order valence-electron chi connectivity index (χ4n) is 6.76. The summed E-state index contributed by atoms with van der Waals surface area (Å²) in [5, 5.41) is 0. The average Bonchev–Trinajstić information content (AvgIpc) is 3.32. The molecule has 0 fully saturated rings. The molecule has 0 saturated heterocycles. The smallest absolute Gasteiger partial charge is 0.744 e. The SMILES string of the molecule is O=S(=O)([O-])c1ccc(-c2ccc(/C=C/c3ccccc3)cc2)cc1/C=C/c1ccccc1.O=S(=O)([O-])c1ccc(-c2ccc(/C=C/c3ccccc3)cc2)cc1/C=C/c1ccccc1.[Na+].[Na+]. The van der Waals surface area contributed by atoms with Crippen LogP contribution in [0.25, 0.3) is 70.9 Å². The van der Waals surface area contributed by atoms with Crippen molar-refractivity contribution in [3.8, 4) is 22.3 Å². The summed E-state index contributed by atoms with van der Waals surface area (Å²) in [5.41, 5.74) is 10.5. The largest absolute Gasteiger partial charge is 1.00 e. The van der Waals surface area contributed by atoms with Gasteiger partial charge in [-0.15, -0.1) is 0 Å². The second-order valence-electron chi connectivity index (χ2n) is 14.6. The Morgan fingerprint density at radius 3 is 0.758 bits per heavy atom. The van der Waals surface area contributed by atoms with Crippen LogP contribution in [0.4, 0.5) is 0 Å². The van der Waals surface area contributed by atoms with E-state index in [1.165, 1.54) is 12.1 Å². The van der Waals surface area contributed by atoms with Crippen molar-refractivity contribution in [1.29, 1.82) is 0 Å². The molecule has 0 unspecified atom stereocenters. The monoisotopic (exact) mass is 920 g/mol. The molecule has 0 amide bonds. The molecule has 0 saturated carbocycles. The van der Waals surface area contributed by atoms with Gasteiger partial charge in [0, 0.05) is 0 Å². The molecule has 0 aliphatic carbocycles. The Hall–Kier alpha value is -5.46. The average molecular weight is 921 g/mol. The summed E-state index contributed by atoms with van der Waals surface area (Å²) in [6.07, 6.45) is 15.1.